The molecule has 0 radical (unpaired) electrons. The van der Waals surface area contributed by atoms with Gasteiger partial charge in [-0.3, -0.25) is 0 Å². The molecule has 3 nitrogen and oxygen atoms in total. The smallest absolute Gasteiger partial charge is 0.231 e. The lowest BCUT2D eigenvalue weighted by Gasteiger charge is -2.17. The normalized spacial score (nSPS) is 15.0. The number of pyridine rings is 1. The minimum absolute atomic E-state index is 0.176. The number of aliphatic hydroxyl groups excluding tert-OH is 2. The maximum atomic E-state index is 12.7. The van der Waals surface area contributed by atoms with E-state index in [0.717, 1.165) is 6.20 Å². The second-order valence-corrected chi connectivity index (χ2v) is 3.92. The number of hydrogen-bond acceptors (Lipinski definition) is 4. The van der Waals surface area contributed by atoms with Gasteiger partial charge in [-0.1, -0.05) is 11.6 Å². The van der Waals surface area contributed by atoms with Crippen molar-refractivity contribution in [2.75, 3.05) is 5.75 Å². The maximum absolute atomic E-state index is 12.7. The summed E-state index contributed by atoms with van der Waals surface area (Å²) < 4.78 is 12.7. The lowest BCUT2D eigenvalue weighted by atomic mass is 10.0. The minimum atomic E-state index is -1.12. The monoisotopic (exact) mass is 251 g/mol. The molecule has 0 bridgehead atoms. The summed E-state index contributed by atoms with van der Waals surface area (Å²) in [6, 6.07) is 1.25. The van der Waals surface area contributed by atoms with Gasteiger partial charge in [-0.05, 0) is 18.2 Å². The zero-order valence-corrected chi connectivity index (χ0v) is 9.42. The zero-order valence-electron chi connectivity index (χ0n) is 7.77. The summed E-state index contributed by atoms with van der Waals surface area (Å²) in [5.41, 5.74) is 0.288. The fourth-order valence-electron chi connectivity index (χ4n) is 1.11. The molecular formula is C9H11ClFNO2S. The first kappa shape index (κ1) is 12.7. The molecule has 1 rings (SSSR count). The zero-order chi connectivity index (χ0) is 11.4. The van der Waals surface area contributed by atoms with Gasteiger partial charge in [0.1, 0.15) is 6.10 Å². The van der Waals surface area contributed by atoms with Crippen LogP contribution in [0.25, 0.3) is 0 Å². The van der Waals surface area contributed by atoms with E-state index in [1.165, 1.54) is 6.07 Å². The fourth-order valence-corrected chi connectivity index (χ4v) is 1.55. The van der Waals surface area contributed by atoms with Gasteiger partial charge in [0.2, 0.25) is 5.95 Å². The number of hydrogen-bond donors (Lipinski definition) is 3. The Balaban J connectivity index is 2.81. The Morgan fingerprint density at radius 2 is 2.20 bits per heavy atom. The van der Waals surface area contributed by atoms with Crippen LogP contribution in [0.15, 0.2) is 12.3 Å². The summed E-state index contributed by atoms with van der Waals surface area (Å²) in [7, 11) is 0. The topological polar surface area (TPSA) is 53.4 Å². The van der Waals surface area contributed by atoms with Crippen molar-refractivity contribution < 1.29 is 14.6 Å². The first-order chi connectivity index (χ1) is 7.06. The van der Waals surface area contributed by atoms with Crippen molar-refractivity contribution >= 4 is 24.2 Å². The number of aliphatic hydroxyl groups is 2. The van der Waals surface area contributed by atoms with E-state index < -0.39 is 18.2 Å². The molecule has 0 aliphatic rings. The van der Waals surface area contributed by atoms with E-state index in [4.69, 9.17) is 11.6 Å². The van der Waals surface area contributed by atoms with Gasteiger partial charge in [0.25, 0.3) is 0 Å². The van der Waals surface area contributed by atoms with Crippen LogP contribution in [0.3, 0.4) is 0 Å². The highest BCUT2D eigenvalue weighted by molar-refractivity contribution is 7.80. The van der Waals surface area contributed by atoms with E-state index in [1.54, 1.807) is 0 Å². The van der Waals surface area contributed by atoms with Gasteiger partial charge in [-0.15, -0.1) is 0 Å². The summed E-state index contributed by atoms with van der Waals surface area (Å²) >= 11 is 9.43. The van der Waals surface area contributed by atoms with E-state index in [9.17, 15) is 14.6 Å². The molecule has 0 spiro atoms. The molecule has 2 atom stereocenters. The van der Waals surface area contributed by atoms with Crippen molar-refractivity contribution in [3.05, 3.63) is 28.8 Å². The van der Waals surface area contributed by atoms with Gasteiger partial charge in [-0.2, -0.15) is 17.0 Å². The summed E-state index contributed by atoms with van der Waals surface area (Å²) in [5.74, 6) is -0.350. The van der Waals surface area contributed by atoms with Crippen LogP contribution >= 0.6 is 24.2 Å². The molecule has 6 heteroatoms. The number of thiol groups is 1. The molecule has 0 aliphatic carbocycles. The molecule has 15 heavy (non-hydrogen) atoms. The van der Waals surface area contributed by atoms with Gasteiger partial charge in [0.15, 0.2) is 0 Å². The van der Waals surface area contributed by atoms with Crippen LogP contribution in [-0.2, 0) is 0 Å². The van der Waals surface area contributed by atoms with Crippen LogP contribution in [0, 0.1) is 5.95 Å². The lowest BCUT2D eigenvalue weighted by molar-refractivity contribution is 0.0170. The number of halogens is 2. The second kappa shape index (κ2) is 5.65. The molecule has 0 amide bonds. The SMILES string of the molecule is OC(CCS)C(O)c1cnc(F)c(Cl)c1. The predicted molar refractivity (Wildman–Crippen MR) is 58.6 cm³/mol. The Labute approximate surface area is 97.3 Å². The Kier molecular flexibility index (Phi) is 4.79. The lowest BCUT2D eigenvalue weighted by Crippen LogP contribution is -2.19. The molecule has 2 unspecified atom stereocenters. The maximum Gasteiger partial charge on any atom is 0.231 e. The van der Waals surface area contributed by atoms with Crippen molar-refractivity contribution in [1.82, 2.24) is 4.98 Å². The fraction of sp³-hybridized carbons (Fsp3) is 0.444. The van der Waals surface area contributed by atoms with Gasteiger partial charge < -0.3 is 10.2 Å². The van der Waals surface area contributed by atoms with Crippen molar-refractivity contribution in [1.29, 1.82) is 0 Å². The first-order valence-electron chi connectivity index (χ1n) is 4.34. The molecule has 0 aromatic carbocycles. The van der Waals surface area contributed by atoms with E-state index in [-0.39, 0.29) is 10.6 Å². The highest BCUT2D eigenvalue weighted by Gasteiger charge is 2.19. The second-order valence-electron chi connectivity index (χ2n) is 3.07. The number of aromatic nitrogens is 1. The van der Waals surface area contributed by atoms with Crippen LogP contribution < -0.4 is 0 Å². The number of rotatable bonds is 4. The summed E-state index contributed by atoms with van der Waals surface area (Å²) in [5, 5.41) is 18.9. The van der Waals surface area contributed by atoms with E-state index in [1.807, 2.05) is 0 Å². The Morgan fingerprint density at radius 1 is 1.53 bits per heavy atom. The molecule has 1 heterocycles. The average molecular weight is 252 g/mol. The molecular weight excluding hydrogens is 241 g/mol. The third-order valence-corrected chi connectivity index (χ3v) is 2.47. The summed E-state index contributed by atoms with van der Waals surface area (Å²) in [6.07, 6.45) is -0.596. The molecule has 0 saturated heterocycles. The van der Waals surface area contributed by atoms with Crippen LogP contribution in [0.2, 0.25) is 5.02 Å². The summed E-state index contributed by atoms with van der Waals surface area (Å²) in [4.78, 5) is 3.35. The number of nitrogens with zero attached hydrogens (tertiary/aromatic N) is 1. The van der Waals surface area contributed by atoms with Crippen LogP contribution in [0.5, 0.6) is 0 Å². The van der Waals surface area contributed by atoms with E-state index in [0.29, 0.717) is 12.2 Å². The minimum Gasteiger partial charge on any atom is -0.390 e. The molecule has 1 aromatic heterocycles. The Morgan fingerprint density at radius 3 is 2.73 bits per heavy atom. The molecule has 0 fully saturated rings. The molecule has 0 aliphatic heterocycles. The van der Waals surface area contributed by atoms with Crippen LogP contribution in [-0.4, -0.2) is 27.1 Å². The van der Waals surface area contributed by atoms with Crippen molar-refractivity contribution in [3.8, 4) is 0 Å². The van der Waals surface area contributed by atoms with Crippen molar-refractivity contribution in [2.24, 2.45) is 0 Å². The first-order valence-corrected chi connectivity index (χ1v) is 5.35. The quantitative estimate of drug-likeness (QED) is 0.563. The highest BCUT2D eigenvalue weighted by Crippen LogP contribution is 2.22. The molecule has 2 N–H and O–H groups in total. The van der Waals surface area contributed by atoms with Gasteiger partial charge in [0, 0.05) is 11.8 Å². The average Bonchev–Trinajstić information content (AvgIpc) is 2.21. The Bertz CT molecular complexity index is 340. The van der Waals surface area contributed by atoms with Crippen LogP contribution in [0.1, 0.15) is 18.1 Å². The third kappa shape index (κ3) is 3.31. The Hall–Kier alpha value is -0.360. The predicted octanol–water partition coefficient (Wildman–Crippen LogP) is 1.59. The van der Waals surface area contributed by atoms with E-state index in [2.05, 4.69) is 17.6 Å². The van der Waals surface area contributed by atoms with Crippen LogP contribution in [0.4, 0.5) is 4.39 Å². The van der Waals surface area contributed by atoms with Crippen molar-refractivity contribution in [2.45, 2.75) is 18.6 Å². The molecule has 1 aromatic rings. The third-order valence-electron chi connectivity index (χ3n) is 1.95. The molecule has 0 saturated carbocycles. The largest absolute Gasteiger partial charge is 0.390 e. The van der Waals surface area contributed by atoms with Gasteiger partial charge >= 0.3 is 0 Å². The highest BCUT2D eigenvalue weighted by atomic mass is 35.5. The molecule has 84 valence electrons. The van der Waals surface area contributed by atoms with Crippen molar-refractivity contribution in [3.63, 3.8) is 0 Å². The van der Waals surface area contributed by atoms with E-state index >= 15 is 0 Å². The van der Waals surface area contributed by atoms with Gasteiger partial charge in [-0.25, -0.2) is 4.98 Å². The summed E-state index contributed by atoms with van der Waals surface area (Å²) in [6.45, 7) is 0. The standard InChI is InChI=1S/C9H11ClFNO2S/c10-6-3-5(4-12-9(6)11)8(14)7(13)1-2-15/h3-4,7-8,13-15H,1-2H2. The van der Waals surface area contributed by atoms with Gasteiger partial charge in [0.05, 0.1) is 11.1 Å².